The van der Waals surface area contributed by atoms with Crippen molar-refractivity contribution in [2.24, 2.45) is 5.92 Å². The summed E-state index contributed by atoms with van der Waals surface area (Å²) in [5, 5.41) is 3.25. The van der Waals surface area contributed by atoms with Gasteiger partial charge in [-0.15, -0.1) is 0 Å². The first kappa shape index (κ1) is 12.7. The highest BCUT2D eigenvalue weighted by atomic mass is 16.5. The molecular weight excluding hydrogens is 238 g/mol. The van der Waals surface area contributed by atoms with E-state index in [0.29, 0.717) is 5.92 Å². The van der Waals surface area contributed by atoms with Crippen molar-refractivity contribution >= 4 is 5.97 Å². The molecule has 0 saturated carbocycles. The monoisotopic (exact) mass is 259 g/mol. The summed E-state index contributed by atoms with van der Waals surface area (Å²) in [7, 11) is 0. The van der Waals surface area contributed by atoms with Gasteiger partial charge in [-0.25, -0.2) is 0 Å². The second-order valence-electron chi connectivity index (χ2n) is 5.71. The first-order valence-corrected chi connectivity index (χ1v) is 7.27. The number of carbonyl (C=O) groups excluding carboxylic acids is 1. The van der Waals surface area contributed by atoms with Crippen LogP contribution in [0.5, 0.6) is 0 Å². The Bertz CT molecular complexity index is 472. The SMILES string of the molecule is CC1CCNC1C(=O)OC1CCCc2ccccc21. The lowest BCUT2D eigenvalue weighted by Gasteiger charge is -2.27. The largest absolute Gasteiger partial charge is 0.456 e. The Morgan fingerprint density at radius 1 is 1.32 bits per heavy atom. The summed E-state index contributed by atoms with van der Waals surface area (Å²) in [5.74, 6) is 0.304. The molecule has 3 nitrogen and oxygen atoms in total. The molecule has 1 aromatic rings. The van der Waals surface area contributed by atoms with E-state index in [1.807, 2.05) is 6.07 Å². The van der Waals surface area contributed by atoms with Crippen LogP contribution in [-0.4, -0.2) is 18.6 Å². The third kappa shape index (κ3) is 2.52. The smallest absolute Gasteiger partial charge is 0.324 e. The molecule has 1 fully saturated rings. The predicted octanol–water partition coefficient (Wildman–Crippen LogP) is 2.61. The van der Waals surface area contributed by atoms with Gasteiger partial charge in [0.25, 0.3) is 0 Å². The lowest BCUT2D eigenvalue weighted by Crippen LogP contribution is -2.37. The van der Waals surface area contributed by atoms with Crippen LogP contribution in [0.4, 0.5) is 0 Å². The van der Waals surface area contributed by atoms with Gasteiger partial charge in [-0.1, -0.05) is 31.2 Å². The molecule has 3 unspecified atom stereocenters. The molecule has 1 heterocycles. The molecule has 0 bridgehead atoms. The third-order valence-electron chi connectivity index (χ3n) is 4.36. The van der Waals surface area contributed by atoms with E-state index < -0.39 is 0 Å². The van der Waals surface area contributed by atoms with Crippen LogP contribution >= 0.6 is 0 Å². The second kappa shape index (κ2) is 5.33. The molecule has 1 aliphatic heterocycles. The number of rotatable bonds is 2. The number of hydrogen-bond donors (Lipinski definition) is 1. The minimum absolute atomic E-state index is 0.0490. The van der Waals surface area contributed by atoms with E-state index in [2.05, 4.69) is 30.4 Å². The summed E-state index contributed by atoms with van der Waals surface area (Å²) in [6, 6.07) is 8.21. The van der Waals surface area contributed by atoms with E-state index in [0.717, 1.165) is 32.2 Å². The standard InChI is InChI=1S/C16H21NO2/c1-11-9-10-17-15(11)16(18)19-14-8-4-6-12-5-2-3-7-13(12)14/h2-3,5,7,11,14-15,17H,4,6,8-10H2,1H3. The Morgan fingerprint density at radius 2 is 2.16 bits per heavy atom. The number of fused-ring (bicyclic) bond motifs is 1. The van der Waals surface area contributed by atoms with Crippen molar-refractivity contribution in [3.63, 3.8) is 0 Å². The van der Waals surface area contributed by atoms with E-state index in [1.54, 1.807) is 0 Å². The number of benzene rings is 1. The zero-order valence-corrected chi connectivity index (χ0v) is 11.4. The van der Waals surface area contributed by atoms with Crippen LogP contribution in [-0.2, 0) is 16.0 Å². The van der Waals surface area contributed by atoms with Crippen LogP contribution in [0.1, 0.15) is 43.4 Å². The van der Waals surface area contributed by atoms with Gasteiger partial charge < -0.3 is 10.1 Å². The van der Waals surface area contributed by atoms with Gasteiger partial charge in [0.1, 0.15) is 12.1 Å². The van der Waals surface area contributed by atoms with Crippen molar-refractivity contribution in [2.75, 3.05) is 6.54 Å². The molecule has 1 N–H and O–H groups in total. The quantitative estimate of drug-likeness (QED) is 0.830. The molecule has 3 heteroatoms. The molecule has 3 atom stereocenters. The minimum atomic E-state index is -0.117. The number of aryl methyl sites for hydroxylation is 1. The molecule has 102 valence electrons. The number of nitrogens with one attached hydrogen (secondary N) is 1. The zero-order valence-electron chi connectivity index (χ0n) is 11.4. The fourth-order valence-electron chi connectivity index (χ4n) is 3.20. The van der Waals surface area contributed by atoms with Crippen LogP contribution < -0.4 is 5.32 Å². The maximum atomic E-state index is 12.2. The third-order valence-corrected chi connectivity index (χ3v) is 4.36. The summed E-state index contributed by atoms with van der Waals surface area (Å²) in [5.41, 5.74) is 2.53. The van der Waals surface area contributed by atoms with Crippen LogP contribution in [0, 0.1) is 5.92 Å². The van der Waals surface area contributed by atoms with Crippen molar-refractivity contribution in [3.05, 3.63) is 35.4 Å². The summed E-state index contributed by atoms with van der Waals surface area (Å²) in [6.45, 7) is 3.03. The van der Waals surface area contributed by atoms with Gasteiger partial charge >= 0.3 is 5.97 Å². The number of carbonyl (C=O) groups is 1. The van der Waals surface area contributed by atoms with Crippen LogP contribution in [0.3, 0.4) is 0 Å². The molecule has 1 aliphatic carbocycles. The zero-order chi connectivity index (χ0) is 13.2. The molecule has 1 aromatic carbocycles. The topological polar surface area (TPSA) is 38.3 Å². The molecule has 3 rings (SSSR count). The van der Waals surface area contributed by atoms with E-state index in [9.17, 15) is 4.79 Å². The molecule has 2 aliphatic rings. The summed E-state index contributed by atoms with van der Waals surface area (Å²) in [4.78, 5) is 12.2. The first-order chi connectivity index (χ1) is 9.25. The van der Waals surface area contributed by atoms with Gasteiger partial charge in [0, 0.05) is 0 Å². The lowest BCUT2D eigenvalue weighted by atomic mass is 9.89. The summed E-state index contributed by atoms with van der Waals surface area (Å²) in [6.07, 6.45) is 4.16. The second-order valence-corrected chi connectivity index (χ2v) is 5.71. The van der Waals surface area contributed by atoms with Crippen LogP contribution in [0.15, 0.2) is 24.3 Å². The van der Waals surface area contributed by atoms with Gasteiger partial charge in [-0.3, -0.25) is 4.79 Å². The van der Waals surface area contributed by atoms with Crippen molar-refractivity contribution in [1.82, 2.24) is 5.32 Å². The molecule has 0 amide bonds. The normalized spacial score (nSPS) is 29.8. The van der Waals surface area contributed by atoms with E-state index in [-0.39, 0.29) is 18.1 Å². The van der Waals surface area contributed by atoms with Gasteiger partial charge in [0.05, 0.1) is 0 Å². The number of ether oxygens (including phenoxy) is 1. The molecule has 0 spiro atoms. The molecule has 19 heavy (non-hydrogen) atoms. The maximum Gasteiger partial charge on any atom is 0.324 e. The fourth-order valence-corrected chi connectivity index (χ4v) is 3.20. The van der Waals surface area contributed by atoms with Crippen molar-refractivity contribution < 1.29 is 9.53 Å². The summed E-state index contributed by atoms with van der Waals surface area (Å²) < 4.78 is 5.77. The molecule has 0 radical (unpaired) electrons. The Balaban J connectivity index is 1.72. The maximum absolute atomic E-state index is 12.2. The van der Waals surface area contributed by atoms with Crippen LogP contribution in [0.2, 0.25) is 0 Å². The average molecular weight is 259 g/mol. The van der Waals surface area contributed by atoms with Crippen molar-refractivity contribution in [1.29, 1.82) is 0 Å². The number of esters is 1. The van der Waals surface area contributed by atoms with E-state index >= 15 is 0 Å². The fraction of sp³-hybridized carbons (Fsp3) is 0.562. The highest BCUT2D eigenvalue weighted by Crippen LogP contribution is 2.33. The van der Waals surface area contributed by atoms with E-state index in [4.69, 9.17) is 4.74 Å². The number of hydrogen-bond acceptors (Lipinski definition) is 3. The van der Waals surface area contributed by atoms with Crippen LogP contribution in [0.25, 0.3) is 0 Å². The summed E-state index contributed by atoms with van der Waals surface area (Å²) >= 11 is 0. The predicted molar refractivity (Wildman–Crippen MR) is 73.8 cm³/mol. The van der Waals surface area contributed by atoms with Gasteiger partial charge in [-0.05, 0) is 49.3 Å². The van der Waals surface area contributed by atoms with Crippen molar-refractivity contribution in [3.8, 4) is 0 Å². The first-order valence-electron chi connectivity index (χ1n) is 7.27. The molecule has 1 saturated heterocycles. The molecule has 0 aromatic heterocycles. The Labute approximate surface area is 114 Å². The average Bonchev–Trinajstić information content (AvgIpc) is 2.85. The Hall–Kier alpha value is -1.35. The Kier molecular flexibility index (Phi) is 3.56. The van der Waals surface area contributed by atoms with Gasteiger partial charge in [0.15, 0.2) is 0 Å². The Morgan fingerprint density at radius 3 is 2.95 bits per heavy atom. The minimum Gasteiger partial charge on any atom is -0.456 e. The lowest BCUT2D eigenvalue weighted by molar-refractivity contribution is -0.153. The highest BCUT2D eigenvalue weighted by Gasteiger charge is 2.33. The van der Waals surface area contributed by atoms with E-state index in [1.165, 1.54) is 11.1 Å². The highest BCUT2D eigenvalue weighted by molar-refractivity contribution is 5.77. The van der Waals surface area contributed by atoms with Gasteiger partial charge in [0.2, 0.25) is 0 Å². The van der Waals surface area contributed by atoms with Crippen molar-refractivity contribution in [2.45, 2.75) is 44.8 Å². The van der Waals surface area contributed by atoms with Gasteiger partial charge in [-0.2, -0.15) is 0 Å². The molecular formula is C16H21NO2.